The molecule has 34 heavy (non-hydrogen) atoms. The van der Waals surface area contributed by atoms with Gasteiger partial charge < -0.3 is 25.4 Å². The Morgan fingerprint density at radius 2 is 1.85 bits per heavy atom. The van der Waals surface area contributed by atoms with Gasteiger partial charge in [0.1, 0.15) is 5.65 Å². The highest BCUT2D eigenvalue weighted by atomic mass is 16.3. The van der Waals surface area contributed by atoms with E-state index in [1.807, 2.05) is 6.20 Å². The third-order valence-electron chi connectivity index (χ3n) is 7.27. The van der Waals surface area contributed by atoms with Crippen LogP contribution >= 0.6 is 0 Å². The zero-order valence-corrected chi connectivity index (χ0v) is 20.1. The monoisotopic (exact) mass is 463 g/mol. The summed E-state index contributed by atoms with van der Waals surface area (Å²) in [5.41, 5.74) is 4.46. The van der Waals surface area contributed by atoms with Crippen LogP contribution in [0, 0.1) is 5.92 Å². The van der Waals surface area contributed by atoms with Crippen LogP contribution in [0.2, 0.25) is 0 Å². The molecular weight excluding hydrogens is 426 g/mol. The van der Waals surface area contributed by atoms with E-state index in [1.54, 1.807) is 0 Å². The van der Waals surface area contributed by atoms with E-state index in [1.165, 1.54) is 24.8 Å². The molecule has 2 aromatic heterocycles. The van der Waals surface area contributed by atoms with E-state index < -0.39 is 0 Å². The second-order valence-electron chi connectivity index (χ2n) is 10.2. The van der Waals surface area contributed by atoms with Crippen LogP contribution in [-0.2, 0) is 6.54 Å². The number of hydrogen-bond acceptors (Lipinski definition) is 6. The average molecular weight is 464 g/mol. The van der Waals surface area contributed by atoms with Crippen molar-refractivity contribution in [1.29, 1.82) is 0 Å². The van der Waals surface area contributed by atoms with Gasteiger partial charge in [-0.1, -0.05) is 37.1 Å². The summed E-state index contributed by atoms with van der Waals surface area (Å²) in [6.45, 7) is 3.70. The lowest BCUT2D eigenvalue weighted by Gasteiger charge is -2.27. The maximum atomic E-state index is 10.0. The first-order valence-electron chi connectivity index (χ1n) is 12.8. The van der Waals surface area contributed by atoms with Crippen molar-refractivity contribution in [2.75, 3.05) is 18.5 Å². The largest absolute Gasteiger partial charge is 0.395 e. The molecule has 0 bridgehead atoms. The summed E-state index contributed by atoms with van der Waals surface area (Å²) < 4.78 is 2.33. The highest BCUT2D eigenvalue weighted by molar-refractivity contribution is 5.94. The van der Waals surface area contributed by atoms with Crippen molar-refractivity contribution < 1.29 is 10.2 Å². The molecule has 4 N–H and O–H groups in total. The zero-order chi connectivity index (χ0) is 23.5. The minimum Gasteiger partial charge on any atom is -0.395 e. The Kier molecular flexibility index (Phi) is 7.13. The summed E-state index contributed by atoms with van der Waals surface area (Å²) >= 11 is 0. The predicted octanol–water partition coefficient (Wildman–Crippen LogP) is 4.26. The first-order valence-corrected chi connectivity index (χ1v) is 12.8. The predicted molar refractivity (Wildman–Crippen MR) is 136 cm³/mol. The van der Waals surface area contributed by atoms with Gasteiger partial charge >= 0.3 is 0 Å². The van der Waals surface area contributed by atoms with Gasteiger partial charge in [0.05, 0.1) is 12.7 Å². The van der Waals surface area contributed by atoms with E-state index in [0.29, 0.717) is 24.6 Å². The smallest absolute Gasteiger partial charge is 0.224 e. The Morgan fingerprint density at radius 1 is 1.09 bits per heavy atom. The van der Waals surface area contributed by atoms with Crippen molar-refractivity contribution in [2.45, 2.75) is 76.6 Å². The van der Waals surface area contributed by atoms with Crippen molar-refractivity contribution in [3.8, 4) is 11.1 Å². The summed E-state index contributed by atoms with van der Waals surface area (Å²) in [6, 6.07) is 9.29. The molecular formula is C27H37N5O2. The SMILES string of the molecule is C[C@@H](CC1CC1)Nc1ncc2c(-c3ccc(CNCCO)cc3)cn([C@H]3CC[C@H](O)CC3)c2n1. The highest BCUT2D eigenvalue weighted by Crippen LogP contribution is 2.37. The Bertz CT molecular complexity index is 1080. The fourth-order valence-corrected chi connectivity index (χ4v) is 5.19. The fraction of sp³-hybridized carbons (Fsp3) is 0.556. The third kappa shape index (κ3) is 5.43. The van der Waals surface area contributed by atoms with Crippen molar-refractivity contribution in [1.82, 2.24) is 19.9 Å². The number of anilines is 1. The molecule has 1 aromatic carbocycles. The number of rotatable bonds is 10. The maximum absolute atomic E-state index is 10.0. The number of fused-ring (bicyclic) bond motifs is 1. The van der Waals surface area contributed by atoms with Gasteiger partial charge in [0.15, 0.2) is 0 Å². The molecule has 2 aliphatic carbocycles. The topological polar surface area (TPSA) is 95.2 Å². The number of nitrogens with zero attached hydrogens (tertiary/aromatic N) is 3. The van der Waals surface area contributed by atoms with Crippen LogP contribution in [0.25, 0.3) is 22.2 Å². The van der Waals surface area contributed by atoms with Gasteiger partial charge in [-0.15, -0.1) is 0 Å². The summed E-state index contributed by atoms with van der Waals surface area (Å²) in [5, 5.41) is 26.8. The molecule has 5 rings (SSSR count). The number of aliphatic hydroxyl groups is 2. The van der Waals surface area contributed by atoms with Crippen LogP contribution in [0.5, 0.6) is 0 Å². The molecule has 0 amide bonds. The normalized spacial score (nSPS) is 21.6. The van der Waals surface area contributed by atoms with Gasteiger partial charge in [-0.25, -0.2) is 4.98 Å². The average Bonchev–Trinajstić information content (AvgIpc) is 3.58. The van der Waals surface area contributed by atoms with Crippen LogP contribution in [0.4, 0.5) is 5.95 Å². The van der Waals surface area contributed by atoms with Crippen LogP contribution in [0.3, 0.4) is 0 Å². The van der Waals surface area contributed by atoms with Crippen molar-refractivity contribution in [3.63, 3.8) is 0 Å². The summed E-state index contributed by atoms with van der Waals surface area (Å²) in [5.74, 6) is 1.56. The lowest BCUT2D eigenvalue weighted by Crippen LogP contribution is -2.21. The molecule has 1 atom stereocenters. The van der Waals surface area contributed by atoms with Crippen molar-refractivity contribution in [3.05, 3.63) is 42.2 Å². The number of hydrogen-bond donors (Lipinski definition) is 4. The Morgan fingerprint density at radius 3 is 2.56 bits per heavy atom. The van der Waals surface area contributed by atoms with Crippen LogP contribution in [-0.4, -0.2) is 50.0 Å². The van der Waals surface area contributed by atoms with E-state index in [4.69, 9.17) is 10.1 Å². The highest BCUT2D eigenvalue weighted by Gasteiger charge is 2.26. The number of aromatic nitrogens is 3. The van der Waals surface area contributed by atoms with E-state index >= 15 is 0 Å². The van der Waals surface area contributed by atoms with E-state index in [-0.39, 0.29) is 12.7 Å². The lowest BCUT2D eigenvalue weighted by molar-refractivity contribution is 0.111. The van der Waals surface area contributed by atoms with Gasteiger partial charge in [-0.2, -0.15) is 4.98 Å². The molecule has 3 aromatic rings. The molecule has 2 aliphatic rings. The van der Waals surface area contributed by atoms with Gasteiger partial charge in [0.25, 0.3) is 0 Å². The first-order chi connectivity index (χ1) is 16.6. The summed E-state index contributed by atoms with van der Waals surface area (Å²) in [7, 11) is 0. The minimum atomic E-state index is -0.181. The Hall–Kier alpha value is -2.48. The second kappa shape index (κ2) is 10.4. The van der Waals surface area contributed by atoms with Crippen LogP contribution < -0.4 is 10.6 Å². The molecule has 0 aliphatic heterocycles. The van der Waals surface area contributed by atoms with E-state index in [9.17, 15) is 5.11 Å². The van der Waals surface area contributed by atoms with Gasteiger partial charge in [0, 0.05) is 48.5 Å². The lowest BCUT2D eigenvalue weighted by atomic mass is 9.93. The van der Waals surface area contributed by atoms with Crippen LogP contribution in [0.1, 0.15) is 63.5 Å². The molecule has 0 unspecified atom stereocenters. The fourth-order valence-electron chi connectivity index (χ4n) is 5.19. The molecule has 0 spiro atoms. The van der Waals surface area contributed by atoms with Gasteiger partial charge in [-0.3, -0.25) is 0 Å². The maximum Gasteiger partial charge on any atom is 0.224 e. The first kappa shape index (κ1) is 23.3. The molecule has 2 heterocycles. The molecule has 182 valence electrons. The standard InChI is InChI=1S/C27H37N5O2/c1-18(14-19-2-3-19)30-27-29-16-24-25(21-6-4-20(5-7-21)15-28-12-13-33)17-32(26(24)31-27)22-8-10-23(34)11-9-22/h4-7,16-19,22-23,28,33-34H,2-3,8-15H2,1H3,(H,29,30,31)/t18-,22-,23-/m0/s1. The zero-order valence-electron chi connectivity index (χ0n) is 20.1. The van der Waals surface area contributed by atoms with Crippen LogP contribution in [0.15, 0.2) is 36.7 Å². The van der Waals surface area contributed by atoms with Crippen molar-refractivity contribution in [2.24, 2.45) is 5.92 Å². The quantitative estimate of drug-likeness (QED) is 0.336. The molecule has 2 saturated carbocycles. The number of benzene rings is 1. The third-order valence-corrected chi connectivity index (χ3v) is 7.27. The summed E-state index contributed by atoms with van der Waals surface area (Å²) in [4.78, 5) is 9.68. The molecule has 0 saturated heterocycles. The van der Waals surface area contributed by atoms with E-state index in [0.717, 1.165) is 60.3 Å². The second-order valence-corrected chi connectivity index (χ2v) is 10.2. The summed E-state index contributed by atoms with van der Waals surface area (Å²) in [6.07, 6.45) is 11.5. The number of aliphatic hydroxyl groups excluding tert-OH is 2. The molecule has 7 nitrogen and oxygen atoms in total. The van der Waals surface area contributed by atoms with Gasteiger partial charge in [-0.05, 0) is 56.1 Å². The molecule has 7 heteroatoms. The van der Waals surface area contributed by atoms with Crippen molar-refractivity contribution >= 4 is 17.0 Å². The minimum absolute atomic E-state index is 0.145. The number of nitrogens with one attached hydrogen (secondary N) is 2. The van der Waals surface area contributed by atoms with Gasteiger partial charge in [0.2, 0.25) is 5.95 Å². The molecule has 0 radical (unpaired) electrons. The Labute approximate surface area is 201 Å². The van der Waals surface area contributed by atoms with E-state index in [2.05, 4.69) is 57.6 Å². The molecule has 2 fully saturated rings. The Balaban J connectivity index is 1.45.